The Balaban J connectivity index is 1.90. The van der Waals surface area contributed by atoms with Crippen LogP contribution in [0.15, 0.2) is 28.8 Å². The lowest BCUT2D eigenvalue weighted by atomic mass is 10.3. The number of anilines is 1. The van der Waals surface area contributed by atoms with Gasteiger partial charge in [0.05, 0.1) is 11.6 Å². The summed E-state index contributed by atoms with van der Waals surface area (Å²) in [5.41, 5.74) is 0.936. The molecule has 19 heavy (non-hydrogen) atoms. The van der Waals surface area contributed by atoms with E-state index in [-0.39, 0.29) is 0 Å². The van der Waals surface area contributed by atoms with Gasteiger partial charge in [0.2, 0.25) is 0 Å². The fourth-order valence-corrected chi connectivity index (χ4v) is 1.95. The molecule has 0 spiro atoms. The van der Waals surface area contributed by atoms with Crippen LogP contribution in [0.1, 0.15) is 17.1 Å². The van der Waals surface area contributed by atoms with Crippen molar-refractivity contribution in [3.05, 3.63) is 46.5 Å². The fourth-order valence-electron chi connectivity index (χ4n) is 1.57. The van der Waals surface area contributed by atoms with Crippen molar-refractivity contribution in [1.82, 2.24) is 10.3 Å². The summed E-state index contributed by atoms with van der Waals surface area (Å²) >= 11 is 11.0. The largest absolute Gasteiger partial charge is 0.465 e. The molecule has 2 rings (SSSR count). The predicted octanol–water partition coefficient (Wildman–Crippen LogP) is 3.43. The van der Waals surface area contributed by atoms with Gasteiger partial charge in [-0.15, -0.1) is 0 Å². The van der Waals surface area contributed by atoms with Crippen molar-refractivity contribution in [2.75, 3.05) is 5.32 Å². The number of thiocarbonyl (C=S) groups is 1. The van der Waals surface area contributed by atoms with Crippen LogP contribution in [0.3, 0.4) is 0 Å². The van der Waals surface area contributed by atoms with E-state index in [9.17, 15) is 0 Å². The van der Waals surface area contributed by atoms with Crippen LogP contribution in [0.25, 0.3) is 0 Å². The molecule has 0 atom stereocenters. The molecule has 100 valence electrons. The minimum Gasteiger partial charge on any atom is -0.465 e. The topological polar surface area (TPSA) is 50.1 Å². The molecule has 0 aliphatic carbocycles. The Morgan fingerprint density at radius 1 is 1.42 bits per heavy atom. The van der Waals surface area contributed by atoms with Gasteiger partial charge in [-0.05, 0) is 49.8 Å². The maximum Gasteiger partial charge on any atom is 0.172 e. The maximum absolute atomic E-state index is 5.85. The molecule has 0 aromatic carbocycles. The molecule has 0 amide bonds. The smallest absolute Gasteiger partial charge is 0.172 e. The van der Waals surface area contributed by atoms with E-state index in [0.29, 0.717) is 22.5 Å². The monoisotopic (exact) mass is 295 g/mol. The minimum atomic E-state index is 0.493. The Labute approximate surface area is 122 Å². The van der Waals surface area contributed by atoms with Gasteiger partial charge in [-0.1, -0.05) is 11.6 Å². The van der Waals surface area contributed by atoms with Gasteiger partial charge in [0.25, 0.3) is 0 Å². The van der Waals surface area contributed by atoms with Crippen LogP contribution < -0.4 is 10.6 Å². The summed E-state index contributed by atoms with van der Waals surface area (Å²) in [5.74, 6) is 2.41. The third-order valence-corrected chi connectivity index (χ3v) is 2.95. The number of halogens is 1. The summed E-state index contributed by atoms with van der Waals surface area (Å²) in [5, 5.41) is 7.18. The quantitative estimate of drug-likeness (QED) is 0.850. The first-order chi connectivity index (χ1) is 9.04. The Morgan fingerprint density at radius 2 is 2.21 bits per heavy atom. The molecule has 4 nitrogen and oxygen atoms in total. The van der Waals surface area contributed by atoms with E-state index in [1.807, 2.05) is 32.0 Å². The summed E-state index contributed by atoms with van der Waals surface area (Å²) in [6.07, 6.45) is 1.58. The van der Waals surface area contributed by atoms with Crippen LogP contribution in [0.4, 0.5) is 5.82 Å². The highest BCUT2D eigenvalue weighted by molar-refractivity contribution is 7.80. The molecule has 0 fully saturated rings. The van der Waals surface area contributed by atoms with Gasteiger partial charge in [0, 0.05) is 6.20 Å². The molecule has 0 bridgehead atoms. The first-order valence-electron chi connectivity index (χ1n) is 5.77. The number of nitrogens with one attached hydrogen (secondary N) is 2. The Bertz CT molecular complexity index is 597. The molecule has 0 aliphatic rings. The molecule has 2 N–H and O–H groups in total. The van der Waals surface area contributed by atoms with Crippen molar-refractivity contribution in [2.45, 2.75) is 20.4 Å². The third-order valence-electron chi connectivity index (χ3n) is 2.50. The van der Waals surface area contributed by atoms with Gasteiger partial charge in [0.1, 0.15) is 17.3 Å². The lowest BCUT2D eigenvalue weighted by molar-refractivity contribution is 0.478. The molecule has 2 aromatic heterocycles. The van der Waals surface area contributed by atoms with Gasteiger partial charge < -0.3 is 15.1 Å². The Kier molecular flexibility index (Phi) is 4.39. The fraction of sp³-hybridized carbons (Fsp3) is 0.231. The highest BCUT2D eigenvalue weighted by Crippen LogP contribution is 2.16. The van der Waals surface area contributed by atoms with E-state index in [0.717, 1.165) is 17.1 Å². The maximum atomic E-state index is 5.85. The van der Waals surface area contributed by atoms with E-state index >= 15 is 0 Å². The van der Waals surface area contributed by atoms with Crippen molar-refractivity contribution in [1.29, 1.82) is 0 Å². The number of aromatic nitrogens is 1. The standard InChI is InChI=1S/C13H14ClN3OS/c1-8-5-10(14)6-15-12(8)17-13(19)16-7-11-4-3-9(2)18-11/h3-6H,7H2,1-2H3,(H2,15,16,17,19). The van der Waals surface area contributed by atoms with Gasteiger partial charge in [-0.25, -0.2) is 4.98 Å². The molecule has 6 heteroatoms. The second-order valence-corrected chi connectivity index (χ2v) is 4.98. The minimum absolute atomic E-state index is 0.493. The molecular weight excluding hydrogens is 282 g/mol. The molecule has 0 saturated heterocycles. The summed E-state index contributed by atoms with van der Waals surface area (Å²) in [6.45, 7) is 4.35. The number of rotatable bonds is 3. The first kappa shape index (κ1) is 13.8. The predicted molar refractivity (Wildman–Crippen MR) is 80.5 cm³/mol. The second kappa shape index (κ2) is 6.04. The molecule has 2 heterocycles. The summed E-state index contributed by atoms with van der Waals surface area (Å²) in [4.78, 5) is 4.18. The van der Waals surface area contributed by atoms with Crippen molar-refractivity contribution in [2.24, 2.45) is 0 Å². The highest BCUT2D eigenvalue weighted by Gasteiger charge is 2.04. The van der Waals surface area contributed by atoms with Crippen molar-refractivity contribution >= 4 is 34.7 Å². The number of pyridine rings is 1. The van der Waals surface area contributed by atoms with Gasteiger partial charge in [-0.2, -0.15) is 0 Å². The summed E-state index contributed by atoms with van der Waals surface area (Å²) in [7, 11) is 0. The zero-order valence-electron chi connectivity index (χ0n) is 10.7. The summed E-state index contributed by atoms with van der Waals surface area (Å²) < 4.78 is 5.44. The van der Waals surface area contributed by atoms with Crippen LogP contribution >= 0.6 is 23.8 Å². The third kappa shape index (κ3) is 3.94. The van der Waals surface area contributed by atoms with Crippen LogP contribution in [0.2, 0.25) is 5.02 Å². The number of nitrogens with zero attached hydrogens (tertiary/aromatic N) is 1. The Morgan fingerprint density at radius 3 is 2.84 bits per heavy atom. The van der Waals surface area contributed by atoms with Crippen LogP contribution in [0, 0.1) is 13.8 Å². The van der Waals surface area contributed by atoms with Gasteiger partial charge in [-0.3, -0.25) is 0 Å². The van der Waals surface area contributed by atoms with E-state index < -0.39 is 0 Å². The van der Waals surface area contributed by atoms with E-state index in [2.05, 4.69) is 15.6 Å². The van der Waals surface area contributed by atoms with E-state index in [1.54, 1.807) is 6.20 Å². The molecule has 2 aromatic rings. The van der Waals surface area contributed by atoms with Crippen molar-refractivity contribution < 1.29 is 4.42 Å². The molecule has 0 unspecified atom stereocenters. The number of furan rings is 1. The van der Waals surface area contributed by atoms with Crippen molar-refractivity contribution in [3.8, 4) is 0 Å². The zero-order valence-corrected chi connectivity index (χ0v) is 12.2. The Hall–Kier alpha value is -1.59. The highest BCUT2D eigenvalue weighted by atomic mass is 35.5. The van der Waals surface area contributed by atoms with Crippen molar-refractivity contribution in [3.63, 3.8) is 0 Å². The number of hydrogen-bond acceptors (Lipinski definition) is 3. The zero-order chi connectivity index (χ0) is 13.8. The summed E-state index contributed by atoms with van der Waals surface area (Å²) in [6, 6.07) is 5.66. The second-order valence-electron chi connectivity index (χ2n) is 4.14. The van der Waals surface area contributed by atoms with Gasteiger partial charge in [0.15, 0.2) is 5.11 Å². The van der Waals surface area contributed by atoms with Crippen LogP contribution in [0.5, 0.6) is 0 Å². The SMILES string of the molecule is Cc1ccc(CNC(=S)Nc2ncc(Cl)cc2C)o1. The lowest BCUT2D eigenvalue weighted by Crippen LogP contribution is -2.28. The van der Waals surface area contributed by atoms with E-state index in [4.69, 9.17) is 28.2 Å². The van der Waals surface area contributed by atoms with Crippen LogP contribution in [-0.2, 0) is 6.54 Å². The number of hydrogen-bond donors (Lipinski definition) is 2. The van der Waals surface area contributed by atoms with Crippen LogP contribution in [-0.4, -0.2) is 10.1 Å². The first-order valence-corrected chi connectivity index (χ1v) is 6.55. The lowest BCUT2D eigenvalue weighted by Gasteiger charge is -2.10. The van der Waals surface area contributed by atoms with Gasteiger partial charge >= 0.3 is 0 Å². The average Bonchev–Trinajstić information content (AvgIpc) is 2.76. The normalized spacial score (nSPS) is 10.3. The number of aryl methyl sites for hydroxylation is 2. The molecular formula is C13H14ClN3OS. The molecule has 0 aliphatic heterocycles. The van der Waals surface area contributed by atoms with E-state index in [1.165, 1.54) is 0 Å². The molecule has 0 radical (unpaired) electrons. The average molecular weight is 296 g/mol. The molecule has 0 saturated carbocycles.